The van der Waals surface area contributed by atoms with Crippen LogP contribution in [-0.2, 0) is 0 Å². The number of carbonyl (C=O) groups excluding carboxylic acids is 1. The second-order valence-electron chi connectivity index (χ2n) is 5.23. The van der Waals surface area contributed by atoms with Crippen LogP contribution < -0.4 is 11.1 Å². The van der Waals surface area contributed by atoms with E-state index in [1.165, 1.54) is 0 Å². The van der Waals surface area contributed by atoms with Crippen molar-refractivity contribution in [1.29, 1.82) is 0 Å². The summed E-state index contributed by atoms with van der Waals surface area (Å²) in [5, 5.41) is 2.82. The molecule has 0 fully saturated rings. The van der Waals surface area contributed by atoms with Crippen molar-refractivity contribution in [3.8, 4) is 0 Å². The van der Waals surface area contributed by atoms with Crippen LogP contribution in [0.5, 0.6) is 0 Å². The summed E-state index contributed by atoms with van der Waals surface area (Å²) in [6.45, 7) is 9.63. The van der Waals surface area contributed by atoms with E-state index in [0.717, 1.165) is 6.42 Å². The van der Waals surface area contributed by atoms with Gasteiger partial charge in [0.1, 0.15) is 0 Å². The predicted molar refractivity (Wildman–Crippen MR) is 63.8 cm³/mol. The Morgan fingerprint density at radius 2 is 2.00 bits per heavy atom. The molecule has 0 spiro atoms. The fraction of sp³-hybridized carbons (Fsp3) is 0.909. The number of nitrogens with two attached hydrogens (primary N) is 1. The van der Waals surface area contributed by atoms with Gasteiger partial charge >= 0.3 is 6.03 Å². The molecule has 0 rings (SSSR count). The summed E-state index contributed by atoms with van der Waals surface area (Å²) >= 11 is 0. The molecule has 1 atom stereocenters. The maximum absolute atomic E-state index is 11.4. The van der Waals surface area contributed by atoms with Crippen LogP contribution in [0.3, 0.4) is 0 Å². The molecular formula is C11H25N3O. The average Bonchev–Trinajstić information content (AvgIpc) is 2.10. The van der Waals surface area contributed by atoms with E-state index in [9.17, 15) is 4.79 Å². The standard InChI is InChI=1S/C11H25N3O/c1-6-14(5)10(15)13-8-9(12)7-11(2,3)4/h9H,6-8,12H2,1-5H3,(H,13,15). The smallest absolute Gasteiger partial charge is 0.317 e. The first-order valence-corrected chi connectivity index (χ1v) is 5.51. The van der Waals surface area contributed by atoms with Crippen LogP contribution in [0.2, 0.25) is 0 Å². The number of carbonyl (C=O) groups is 1. The molecule has 0 aromatic carbocycles. The van der Waals surface area contributed by atoms with Crippen LogP contribution in [0.4, 0.5) is 4.79 Å². The summed E-state index contributed by atoms with van der Waals surface area (Å²) in [6.07, 6.45) is 0.906. The lowest BCUT2D eigenvalue weighted by Crippen LogP contribution is -2.44. The van der Waals surface area contributed by atoms with E-state index in [2.05, 4.69) is 26.1 Å². The van der Waals surface area contributed by atoms with E-state index in [0.29, 0.717) is 13.1 Å². The van der Waals surface area contributed by atoms with Crippen LogP contribution in [0.1, 0.15) is 34.1 Å². The third-order valence-corrected chi connectivity index (χ3v) is 2.21. The highest BCUT2D eigenvalue weighted by molar-refractivity contribution is 5.73. The summed E-state index contributed by atoms with van der Waals surface area (Å²) in [6, 6.07) is -0.0268. The van der Waals surface area contributed by atoms with Crippen molar-refractivity contribution < 1.29 is 4.79 Å². The lowest BCUT2D eigenvalue weighted by atomic mass is 9.88. The number of nitrogens with one attached hydrogen (secondary N) is 1. The fourth-order valence-corrected chi connectivity index (χ4v) is 1.36. The largest absolute Gasteiger partial charge is 0.336 e. The van der Waals surface area contributed by atoms with Gasteiger partial charge in [-0.2, -0.15) is 0 Å². The molecule has 15 heavy (non-hydrogen) atoms. The lowest BCUT2D eigenvalue weighted by molar-refractivity contribution is 0.209. The zero-order chi connectivity index (χ0) is 12.1. The fourth-order valence-electron chi connectivity index (χ4n) is 1.36. The molecule has 1 unspecified atom stereocenters. The topological polar surface area (TPSA) is 58.4 Å². The SMILES string of the molecule is CCN(C)C(=O)NCC(N)CC(C)(C)C. The van der Waals surface area contributed by atoms with Gasteiger partial charge in [-0.3, -0.25) is 0 Å². The van der Waals surface area contributed by atoms with Crippen LogP contribution in [-0.4, -0.2) is 37.1 Å². The molecule has 0 aliphatic carbocycles. The maximum atomic E-state index is 11.4. The normalized spacial score (nSPS) is 13.5. The molecule has 0 aliphatic rings. The number of hydrogen-bond acceptors (Lipinski definition) is 2. The number of amides is 2. The first-order chi connectivity index (χ1) is 6.76. The van der Waals surface area contributed by atoms with E-state index in [1.807, 2.05) is 6.92 Å². The third-order valence-electron chi connectivity index (χ3n) is 2.21. The molecule has 2 amide bonds. The average molecular weight is 215 g/mol. The van der Waals surface area contributed by atoms with Gasteiger partial charge in [0.05, 0.1) is 0 Å². The Morgan fingerprint density at radius 3 is 2.40 bits per heavy atom. The van der Waals surface area contributed by atoms with Gasteiger partial charge in [0.15, 0.2) is 0 Å². The number of urea groups is 1. The third kappa shape index (κ3) is 7.19. The van der Waals surface area contributed by atoms with E-state index in [1.54, 1.807) is 11.9 Å². The molecule has 0 aliphatic heterocycles. The van der Waals surface area contributed by atoms with Crippen molar-refractivity contribution in [3.05, 3.63) is 0 Å². The molecule has 0 saturated carbocycles. The van der Waals surface area contributed by atoms with Gasteiger partial charge in [0.25, 0.3) is 0 Å². The summed E-state index contributed by atoms with van der Waals surface area (Å²) in [5.41, 5.74) is 6.13. The number of hydrogen-bond donors (Lipinski definition) is 2. The Morgan fingerprint density at radius 1 is 1.47 bits per heavy atom. The second kappa shape index (κ2) is 5.95. The van der Waals surface area contributed by atoms with Gasteiger partial charge in [-0.25, -0.2) is 4.79 Å². The summed E-state index contributed by atoms with van der Waals surface area (Å²) in [7, 11) is 1.77. The van der Waals surface area contributed by atoms with Crippen molar-refractivity contribution in [1.82, 2.24) is 10.2 Å². The maximum Gasteiger partial charge on any atom is 0.317 e. The summed E-state index contributed by atoms with van der Waals surface area (Å²) in [5.74, 6) is 0. The number of nitrogens with zero attached hydrogens (tertiary/aromatic N) is 1. The van der Waals surface area contributed by atoms with Gasteiger partial charge in [0, 0.05) is 26.2 Å². The van der Waals surface area contributed by atoms with Crippen molar-refractivity contribution in [2.75, 3.05) is 20.1 Å². The van der Waals surface area contributed by atoms with E-state index >= 15 is 0 Å². The minimum atomic E-state index is -0.0538. The molecule has 4 heteroatoms. The monoisotopic (exact) mass is 215 g/mol. The Balaban J connectivity index is 3.81. The van der Waals surface area contributed by atoms with Gasteiger partial charge < -0.3 is 16.0 Å². The number of rotatable bonds is 4. The molecule has 0 aromatic heterocycles. The minimum Gasteiger partial charge on any atom is -0.336 e. The minimum absolute atomic E-state index is 0.0270. The molecular weight excluding hydrogens is 190 g/mol. The van der Waals surface area contributed by atoms with E-state index < -0.39 is 0 Å². The molecule has 0 bridgehead atoms. The van der Waals surface area contributed by atoms with Crippen LogP contribution >= 0.6 is 0 Å². The van der Waals surface area contributed by atoms with Gasteiger partial charge in [-0.15, -0.1) is 0 Å². The Bertz CT molecular complexity index is 198. The molecule has 90 valence electrons. The van der Waals surface area contributed by atoms with Crippen LogP contribution in [0.15, 0.2) is 0 Å². The highest BCUT2D eigenvalue weighted by Crippen LogP contribution is 2.19. The first-order valence-electron chi connectivity index (χ1n) is 5.51. The van der Waals surface area contributed by atoms with Gasteiger partial charge in [-0.1, -0.05) is 20.8 Å². The Labute approximate surface area is 93.2 Å². The zero-order valence-electron chi connectivity index (χ0n) is 10.6. The van der Waals surface area contributed by atoms with Crippen molar-refractivity contribution in [2.24, 2.45) is 11.1 Å². The predicted octanol–water partition coefficient (Wildman–Crippen LogP) is 1.41. The molecule has 0 radical (unpaired) electrons. The second-order valence-corrected chi connectivity index (χ2v) is 5.23. The molecule has 0 aromatic rings. The molecule has 3 N–H and O–H groups in total. The van der Waals surface area contributed by atoms with Crippen LogP contribution in [0, 0.1) is 5.41 Å². The van der Waals surface area contributed by atoms with Crippen LogP contribution in [0.25, 0.3) is 0 Å². The summed E-state index contributed by atoms with van der Waals surface area (Å²) < 4.78 is 0. The molecule has 0 saturated heterocycles. The molecule has 4 nitrogen and oxygen atoms in total. The Kier molecular flexibility index (Phi) is 5.65. The Hall–Kier alpha value is -0.770. The highest BCUT2D eigenvalue weighted by atomic mass is 16.2. The highest BCUT2D eigenvalue weighted by Gasteiger charge is 2.16. The zero-order valence-corrected chi connectivity index (χ0v) is 10.6. The summed E-state index contributed by atoms with van der Waals surface area (Å²) in [4.78, 5) is 13.0. The van der Waals surface area contributed by atoms with E-state index in [-0.39, 0.29) is 17.5 Å². The molecule has 0 heterocycles. The van der Waals surface area contributed by atoms with Crippen molar-refractivity contribution in [2.45, 2.75) is 40.2 Å². The van der Waals surface area contributed by atoms with Crippen molar-refractivity contribution >= 4 is 6.03 Å². The lowest BCUT2D eigenvalue weighted by Gasteiger charge is -2.24. The quantitative estimate of drug-likeness (QED) is 0.745. The van der Waals surface area contributed by atoms with Gasteiger partial charge in [0.2, 0.25) is 0 Å². The van der Waals surface area contributed by atoms with Gasteiger partial charge in [-0.05, 0) is 18.8 Å². The van der Waals surface area contributed by atoms with E-state index in [4.69, 9.17) is 5.73 Å². The first kappa shape index (κ1) is 14.2. The van der Waals surface area contributed by atoms with Crippen molar-refractivity contribution in [3.63, 3.8) is 0 Å².